The molecule has 1 amide bonds. The smallest absolute Gasteiger partial charge is 0.303 e. The summed E-state index contributed by atoms with van der Waals surface area (Å²) in [5.74, 6) is -0.823. The van der Waals surface area contributed by atoms with E-state index in [0.717, 1.165) is 12.0 Å². The number of benzene rings is 1. The van der Waals surface area contributed by atoms with Crippen LogP contribution in [0.1, 0.15) is 44.7 Å². The van der Waals surface area contributed by atoms with Gasteiger partial charge in [0.25, 0.3) is 0 Å². The molecule has 0 fully saturated rings. The van der Waals surface area contributed by atoms with E-state index in [2.05, 4.69) is 19.2 Å². The summed E-state index contributed by atoms with van der Waals surface area (Å²) in [6, 6.07) is 8.83. The van der Waals surface area contributed by atoms with Crippen LogP contribution in [-0.2, 0) is 9.59 Å². The third-order valence-electron chi connectivity index (χ3n) is 3.23. The number of amides is 1. The Labute approximate surface area is 125 Å². The summed E-state index contributed by atoms with van der Waals surface area (Å²) in [5, 5.41) is 11.6. The summed E-state index contributed by atoms with van der Waals surface area (Å²) in [6.45, 7) is 4.18. The van der Waals surface area contributed by atoms with Crippen LogP contribution in [0.4, 0.5) is 0 Å². The molecule has 1 aromatic carbocycles. The Balaban J connectivity index is 2.68. The zero-order valence-electron chi connectivity index (χ0n) is 12.6. The van der Waals surface area contributed by atoms with E-state index in [1.807, 2.05) is 30.3 Å². The van der Waals surface area contributed by atoms with Crippen molar-refractivity contribution in [1.82, 2.24) is 5.32 Å². The molecule has 0 aliphatic carbocycles. The highest BCUT2D eigenvalue weighted by molar-refractivity contribution is 5.82. The zero-order chi connectivity index (χ0) is 15.8. The van der Waals surface area contributed by atoms with Gasteiger partial charge in [0.1, 0.15) is 0 Å². The molecule has 5 nitrogen and oxygen atoms in total. The first-order valence-corrected chi connectivity index (χ1v) is 7.22. The maximum absolute atomic E-state index is 12.1. The summed E-state index contributed by atoms with van der Waals surface area (Å²) in [5.41, 5.74) is 6.78. The monoisotopic (exact) mass is 292 g/mol. The number of nitrogens with two attached hydrogens (primary N) is 1. The van der Waals surface area contributed by atoms with E-state index in [1.54, 1.807) is 0 Å². The summed E-state index contributed by atoms with van der Waals surface area (Å²) >= 11 is 0. The Kier molecular flexibility index (Phi) is 6.88. The summed E-state index contributed by atoms with van der Waals surface area (Å²) < 4.78 is 0. The number of aliphatic carboxylic acids is 1. The molecule has 116 valence electrons. The third kappa shape index (κ3) is 6.40. The van der Waals surface area contributed by atoms with Crippen LogP contribution in [0.2, 0.25) is 0 Å². The lowest BCUT2D eigenvalue weighted by molar-refractivity contribution is -0.137. The van der Waals surface area contributed by atoms with Crippen LogP contribution in [0.5, 0.6) is 0 Å². The van der Waals surface area contributed by atoms with Crippen molar-refractivity contribution in [2.24, 2.45) is 11.7 Å². The van der Waals surface area contributed by atoms with Gasteiger partial charge in [-0.3, -0.25) is 9.59 Å². The maximum atomic E-state index is 12.1. The van der Waals surface area contributed by atoms with Crippen molar-refractivity contribution in [3.05, 3.63) is 35.9 Å². The van der Waals surface area contributed by atoms with Gasteiger partial charge in [0.15, 0.2) is 0 Å². The van der Waals surface area contributed by atoms with Crippen molar-refractivity contribution in [2.75, 3.05) is 0 Å². The van der Waals surface area contributed by atoms with Crippen molar-refractivity contribution in [3.8, 4) is 0 Å². The van der Waals surface area contributed by atoms with Crippen molar-refractivity contribution in [3.63, 3.8) is 0 Å². The number of carboxylic acids is 1. The number of hydrogen-bond acceptors (Lipinski definition) is 3. The largest absolute Gasteiger partial charge is 0.481 e. The van der Waals surface area contributed by atoms with Crippen LogP contribution in [0, 0.1) is 5.92 Å². The molecule has 0 saturated carbocycles. The molecule has 4 N–H and O–H groups in total. The number of hydrogen-bond donors (Lipinski definition) is 3. The van der Waals surface area contributed by atoms with Crippen LogP contribution in [0.15, 0.2) is 30.3 Å². The van der Waals surface area contributed by atoms with Gasteiger partial charge in [-0.05, 0) is 24.3 Å². The Bertz CT molecular complexity index is 460. The van der Waals surface area contributed by atoms with Gasteiger partial charge in [0.2, 0.25) is 5.91 Å². The summed E-state index contributed by atoms with van der Waals surface area (Å²) in [7, 11) is 0. The van der Waals surface area contributed by atoms with E-state index in [4.69, 9.17) is 10.8 Å². The van der Waals surface area contributed by atoms with Gasteiger partial charge in [0.05, 0.1) is 12.1 Å². The standard InChI is InChI=1S/C16H24N2O3/c1-11(2)10-14(12-6-4-3-5-7-12)18-16(21)13(17)8-9-15(19)20/h3-7,11,13-14H,8-10,17H2,1-2H3,(H,18,21)(H,19,20). The van der Waals surface area contributed by atoms with Gasteiger partial charge in [0, 0.05) is 6.42 Å². The van der Waals surface area contributed by atoms with E-state index in [0.29, 0.717) is 5.92 Å². The number of nitrogens with one attached hydrogen (secondary N) is 1. The van der Waals surface area contributed by atoms with Crippen molar-refractivity contribution < 1.29 is 14.7 Å². The highest BCUT2D eigenvalue weighted by atomic mass is 16.4. The highest BCUT2D eigenvalue weighted by Gasteiger charge is 2.20. The average molecular weight is 292 g/mol. The molecule has 0 spiro atoms. The van der Waals surface area contributed by atoms with Gasteiger partial charge < -0.3 is 16.2 Å². The van der Waals surface area contributed by atoms with Gasteiger partial charge >= 0.3 is 5.97 Å². The predicted octanol–water partition coefficient (Wildman–Crippen LogP) is 2.08. The molecule has 0 aliphatic rings. The lowest BCUT2D eigenvalue weighted by Crippen LogP contribution is -2.42. The first-order valence-electron chi connectivity index (χ1n) is 7.22. The minimum atomic E-state index is -0.944. The normalized spacial score (nSPS) is 13.7. The van der Waals surface area contributed by atoms with E-state index >= 15 is 0 Å². The number of carbonyl (C=O) groups is 2. The van der Waals surface area contributed by atoms with Crippen molar-refractivity contribution in [2.45, 2.75) is 45.2 Å². The number of rotatable bonds is 8. The molecule has 0 bridgehead atoms. The van der Waals surface area contributed by atoms with Crippen molar-refractivity contribution in [1.29, 1.82) is 0 Å². The molecule has 0 saturated heterocycles. The third-order valence-corrected chi connectivity index (χ3v) is 3.23. The molecular weight excluding hydrogens is 268 g/mol. The first kappa shape index (κ1) is 17.2. The summed E-state index contributed by atoms with van der Waals surface area (Å²) in [4.78, 5) is 22.6. The van der Waals surface area contributed by atoms with E-state index in [1.165, 1.54) is 0 Å². The quantitative estimate of drug-likeness (QED) is 0.684. The van der Waals surface area contributed by atoms with Crippen LogP contribution in [0.25, 0.3) is 0 Å². The minimum Gasteiger partial charge on any atom is -0.481 e. The van der Waals surface area contributed by atoms with Crippen molar-refractivity contribution >= 4 is 11.9 Å². The van der Waals surface area contributed by atoms with Crippen LogP contribution in [-0.4, -0.2) is 23.0 Å². The fraction of sp³-hybridized carbons (Fsp3) is 0.500. The molecule has 2 unspecified atom stereocenters. The lowest BCUT2D eigenvalue weighted by Gasteiger charge is -2.23. The molecule has 1 aromatic rings. The van der Waals surface area contributed by atoms with E-state index in [9.17, 15) is 9.59 Å². The Morgan fingerprint density at radius 1 is 1.24 bits per heavy atom. The fourth-order valence-electron chi connectivity index (χ4n) is 2.12. The second-order valence-electron chi connectivity index (χ2n) is 5.64. The maximum Gasteiger partial charge on any atom is 0.303 e. The molecule has 1 rings (SSSR count). The van der Waals surface area contributed by atoms with Gasteiger partial charge in [-0.25, -0.2) is 0 Å². The van der Waals surface area contributed by atoms with E-state index in [-0.39, 0.29) is 24.8 Å². The minimum absolute atomic E-state index is 0.102. The molecule has 0 heterocycles. The molecule has 0 aromatic heterocycles. The molecular formula is C16H24N2O3. The Morgan fingerprint density at radius 3 is 2.38 bits per heavy atom. The highest BCUT2D eigenvalue weighted by Crippen LogP contribution is 2.21. The zero-order valence-corrected chi connectivity index (χ0v) is 12.6. The van der Waals surface area contributed by atoms with Gasteiger partial charge in [-0.2, -0.15) is 0 Å². The molecule has 5 heteroatoms. The molecule has 21 heavy (non-hydrogen) atoms. The fourth-order valence-corrected chi connectivity index (χ4v) is 2.12. The average Bonchev–Trinajstić information content (AvgIpc) is 2.44. The van der Waals surface area contributed by atoms with Gasteiger partial charge in [-0.1, -0.05) is 44.2 Å². The lowest BCUT2D eigenvalue weighted by atomic mass is 9.96. The Hall–Kier alpha value is -1.88. The molecule has 0 aliphatic heterocycles. The van der Waals surface area contributed by atoms with Gasteiger partial charge in [-0.15, -0.1) is 0 Å². The molecule has 2 atom stereocenters. The number of carboxylic acid groups (broad SMARTS) is 1. The van der Waals surface area contributed by atoms with E-state index < -0.39 is 12.0 Å². The second-order valence-corrected chi connectivity index (χ2v) is 5.64. The SMILES string of the molecule is CC(C)CC(NC(=O)C(N)CCC(=O)O)c1ccccc1. The topological polar surface area (TPSA) is 92.4 Å². The Morgan fingerprint density at radius 2 is 1.86 bits per heavy atom. The first-order chi connectivity index (χ1) is 9.90. The molecule has 0 radical (unpaired) electrons. The predicted molar refractivity (Wildman–Crippen MR) is 81.6 cm³/mol. The van der Waals surface area contributed by atoms with Crippen LogP contribution >= 0.6 is 0 Å². The van der Waals surface area contributed by atoms with Crippen LogP contribution in [0.3, 0.4) is 0 Å². The van der Waals surface area contributed by atoms with Crippen LogP contribution < -0.4 is 11.1 Å². The second kappa shape index (κ2) is 8.42. The number of carbonyl (C=O) groups excluding carboxylic acids is 1. The summed E-state index contributed by atoms with van der Waals surface area (Å²) in [6.07, 6.45) is 0.848.